The normalized spacial score (nSPS) is 42.2. The summed E-state index contributed by atoms with van der Waals surface area (Å²) in [4.78, 5) is 0. The zero-order valence-electron chi connectivity index (χ0n) is 4.02. The first-order valence-corrected chi connectivity index (χ1v) is 2.50. The van der Waals surface area contributed by atoms with Crippen LogP contribution in [0.25, 0.3) is 0 Å². The maximum Gasteiger partial charge on any atom is 0.0490 e. The standard InChI is InChI=1S/C5H8S/c1-4-3-5(4,2)6/h3,6H,1-2H3. The molecule has 1 atom stereocenters. The third-order valence-electron chi connectivity index (χ3n) is 1.21. The van der Waals surface area contributed by atoms with E-state index in [1.165, 1.54) is 5.57 Å². The van der Waals surface area contributed by atoms with Gasteiger partial charge in [0.25, 0.3) is 0 Å². The van der Waals surface area contributed by atoms with Crippen molar-refractivity contribution in [3.63, 3.8) is 0 Å². The summed E-state index contributed by atoms with van der Waals surface area (Å²) in [6.07, 6.45) is 2.14. The Hall–Kier alpha value is 0.0900. The van der Waals surface area contributed by atoms with E-state index in [1.54, 1.807) is 0 Å². The van der Waals surface area contributed by atoms with Crippen LogP contribution in [0.5, 0.6) is 0 Å². The molecule has 6 heavy (non-hydrogen) atoms. The fourth-order valence-electron chi connectivity index (χ4n) is 0.385. The molecule has 0 saturated carbocycles. The molecule has 0 radical (unpaired) electrons. The van der Waals surface area contributed by atoms with E-state index >= 15 is 0 Å². The molecule has 0 heterocycles. The average Bonchev–Trinajstić information content (AvgIpc) is 1.73. The molecule has 0 fully saturated rings. The Balaban J connectivity index is 2.53. The van der Waals surface area contributed by atoms with Gasteiger partial charge >= 0.3 is 0 Å². The molecule has 0 nitrogen and oxygen atoms in total. The van der Waals surface area contributed by atoms with Crippen LogP contribution >= 0.6 is 12.6 Å². The van der Waals surface area contributed by atoms with E-state index in [-0.39, 0.29) is 4.75 Å². The molecular formula is C5H8S. The fourth-order valence-corrected chi connectivity index (χ4v) is 0.579. The molecular weight excluding hydrogens is 92.1 g/mol. The van der Waals surface area contributed by atoms with E-state index in [0.717, 1.165) is 0 Å². The second-order valence-electron chi connectivity index (χ2n) is 1.97. The zero-order valence-corrected chi connectivity index (χ0v) is 4.92. The van der Waals surface area contributed by atoms with Gasteiger partial charge in [-0.1, -0.05) is 11.6 Å². The minimum atomic E-state index is 0.194. The van der Waals surface area contributed by atoms with Crippen LogP contribution in [0.1, 0.15) is 13.8 Å². The van der Waals surface area contributed by atoms with E-state index in [1.807, 2.05) is 0 Å². The lowest BCUT2D eigenvalue weighted by molar-refractivity contribution is 1.11. The number of thiol groups is 1. The van der Waals surface area contributed by atoms with Crippen LogP contribution in [-0.4, -0.2) is 4.75 Å². The smallest absolute Gasteiger partial charge is 0.0490 e. The molecule has 1 aliphatic rings. The molecule has 0 aromatic heterocycles. The van der Waals surface area contributed by atoms with Gasteiger partial charge in [0.2, 0.25) is 0 Å². The van der Waals surface area contributed by atoms with Crippen LogP contribution in [0.2, 0.25) is 0 Å². The summed E-state index contributed by atoms with van der Waals surface area (Å²) in [6, 6.07) is 0. The molecule has 0 saturated heterocycles. The summed E-state index contributed by atoms with van der Waals surface area (Å²) < 4.78 is 0.194. The summed E-state index contributed by atoms with van der Waals surface area (Å²) >= 11 is 4.24. The van der Waals surface area contributed by atoms with E-state index in [2.05, 4.69) is 32.6 Å². The molecule has 1 heteroatoms. The molecule has 0 amide bonds. The van der Waals surface area contributed by atoms with Gasteiger partial charge in [0, 0.05) is 4.75 Å². The molecule has 1 unspecified atom stereocenters. The quantitative estimate of drug-likeness (QED) is 0.347. The third-order valence-corrected chi connectivity index (χ3v) is 1.69. The lowest BCUT2D eigenvalue weighted by Crippen LogP contribution is -1.90. The fraction of sp³-hybridized carbons (Fsp3) is 0.600. The van der Waals surface area contributed by atoms with Crippen molar-refractivity contribution in [2.75, 3.05) is 0 Å². The van der Waals surface area contributed by atoms with E-state index < -0.39 is 0 Å². The van der Waals surface area contributed by atoms with Crippen LogP contribution in [0, 0.1) is 0 Å². The first kappa shape index (κ1) is 4.25. The molecule has 0 aromatic rings. The molecule has 1 rings (SSSR count). The van der Waals surface area contributed by atoms with Gasteiger partial charge in [-0.25, -0.2) is 0 Å². The summed E-state index contributed by atoms with van der Waals surface area (Å²) in [7, 11) is 0. The topological polar surface area (TPSA) is 0 Å². The number of hydrogen-bond donors (Lipinski definition) is 1. The Labute approximate surface area is 43.7 Å². The zero-order chi connectivity index (χ0) is 4.78. The predicted molar refractivity (Wildman–Crippen MR) is 31.1 cm³/mol. The maximum absolute atomic E-state index is 4.24. The van der Waals surface area contributed by atoms with E-state index in [0.29, 0.717) is 0 Å². The third kappa shape index (κ3) is 0.473. The minimum Gasteiger partial charge on any atom is -0.164 e. The predicted octanol–water partition coefficient (Wildman–Crippen LogP) is 1.63. The SMILES string of the molecule is CC1=CC1(C)S. The van der Waals surface area contributed by atoms with Gasteiger partial charge in [0.1, 0.15) is 0 Å². The summed E-state index contributed by atoms with van der Waals surface area (Å²) in [5.74, 6) is 0. The van der Waals surface area contributed by atoms with Gasteiger partial charge in [-0.3, -0.25) is 0 Å². The molecule has 34 valence electrons. The van der Waals surface area contributed by atoms with Gasteiger partial charge in [-0.2, -0.15) is 12.6 Å². The van der Waals surface area contributed by atoms with Crippen LogP contribution < -0.4 is 0 Å². The van der Waals surface area contributed by atoms with Crippen molar-refractivity contribution in [1.29, 1.82) is 0 Å². The van der Waals surface area contributed by atoms with Crippen molar-refractivity contribution >= 4 is 12.6 Å². The maximum atomic E-state index is 4.24. The largest absolute Gasteiger partial charge is 0.164 e. The van der Waals surface area contributed by atoms with Crippen LogP contribution in [0.4, 0.5) is 0 Å². The second kappa shape index (κ2) is 0.836. The van der Waals surface area contributed by atoms with E-state index in [4.69, 9.17) is 0 Å². The van der Waals surface area contributed by atoms with Gasteiger partial charge in [-0.05, 0) is 13.8 Å². The number of hydrogen-bond acceptors (Lipinski definition) is 1. The van der Waals surface area contributed by atoms with Crippen molar-refractivity contribution in [1.82, 2.24) is 0 Å². The summed E-state index contributed by atoms with van der Waals surface area (Å²) in [5.41, 5.74) is 1.39. The molecule has 1 aliphatic carbocycles. The molecule has 0 aromatic carbocycles. The van der Waals surface area contributed by atoms with Gasteiger partial charge in [0.05, 0.1) is 0 Å². The molecule has 0 bridgehead atoms. The van der Waals surface area contributed by atoms with Crippen molar-refractivity contribution in [2.24, 2.45) is 0 Å². The molecule has 0 spiro atoms. The van der Waals surface area contributed by atoms with Crippen LogP contribution in [0.15, 0.2) is 11.6 Å². The van der Waals surface area contributed by atoms with Crippen molar-refractivity contribution in [3.05, 3.63) is 11.6 Å². The van der Waals surface area contributed by atoms with Crippen molar-refractivity contribution in [2.45, 2.75) is 18.6 Å². The van der Waals surface area contributed by atoms with Gasteiger partial charge < -0.3 is 0 Å². The summed E-state index contributed by atoms with van der Waals surface area (Å²) in [6.45, 7) is 4.18. The Morgan fingerprint density at radius 3 is 2.00 bits per heavy atom. The highest BCUT2D eigenvalue weighted by Crippen LogP contribution is 2.38. The average molecular weight is 100 g/mol. The van der Waals surface area contributed by atoms with E-state index in [9.17, 15) is 0 Å². The summed E-state index contributed by atoms with van der Waals surface area (Å²) in [5, 5.41) is 0. The lowest BCUT2D eigenvalue weighted by atomic mass is 10.3. The first-order valence-electron chi connectivity index (χ1n) is 2.05. The Bertz CT molecular complexity index is 101. The highest BCUT2D eigenvalue weighted by Gasteiger charge is 2.30. The first-order chi connectivity index (χ1) is 2.63. The Kier molecular flexibility index (Phi) is 0.593. The lowest BCUT2D eigenvalue weighted by Gasteiger charge is -1.93. The highest BCUT2D eigenvalue weighted by molar-refractivity contribution is 7.82. The van der Waals surface area contributed by atoms with Crippen LogP contribution in [-0.2, 0) is 0 Å². The Morgan fingerprint density at radius 1 is 1.83 bits per heavy atom. The van der Waals surface area contributed by atoms with Gasteiger partial charge in [-0.15, -0.1) is 0 Å². The monoisotopic (exact) mass is 100 g/mol. The molecule has 0 aliphatic heterocycles. The highest BCUT2D eigenvalue weighted by atomic mass is 32.1. The second-order valence-corrected chi connectivity index (χ2v) is 2.90. The minimum absolute atomic E-state index is 0.194. The number of rotatable bonds is 0. The van der Waals surface area contributed by atoms with Gasteiger partial charge in [0.15, 0.2) is 0 Å². The molecule has 0 N–H and O–H groups in total. The van der Waals surface area contributed by atoms with Crippen molar-refractivity contribution in [3.8, 4) is 0 Å². The Morgan fingerprint density at radius 2 is 2.00 bits per heavy atom. The van der Waals surface area contributed by atoms with Crippen molar-refractivity contribution < 1.29 is 0 Å². The van der Waals surface area contributed by atoms with Crippen LogP contribution in [0.3, 0.4) is 0 Å².